The fourth-order valence-electron chi connectivity index (χ4n) is 1.41. The van der Waals surface area contributed by atoms with Gasteiger partial charge in [-0.25, -0.2) is 0 Å². The maximum atomic E-state index is 11.8. The van der Waals surface area contributed by atoms with Crippen molar-refractivity contribution in [1.29, 1.82) is 0 Å². The zero-order chi connectivity index (χ0) is 14.1. The molecule has 0 aliphatic rings. The van der Waals surface area contributed by atoms with Crippen LogP contribution in [0.3, 0.4) is 0 Å². The van der Waals surface area contributed by atoms with E-state index in [1.807, 2.05) is 6.07 Å². The summed E-state index contributed by atoms with van der Waals surface area (Å²) in [6.45, 7) is 0.804. The molecule has 0 aliphatic heterocycles. The van der Waals surface area contributed by atoms with Gasteiger partial charge in [-0.1, -0.05) is 12.1 Å². The monoisotopic (exact) mass is 284 g/mol. The summed E-state index contributed by atoms with van der Waals surface area (Å²) < 4.78 is 4.80. The summed E-state index contributed by atoms with van der Waals surface area (Å²) in [6.07, 6.45) is 0. The second-order valence-corrected chi connectivity index (χ2v) is 4.13. The van der Waals surface area contributed by atoms with Crippen LogP contribution in [0.2, 0.25) is 0 Å². The van der Waals surface area contributed by atoms with Gasteiger partial charge in [0.25, 0.3) is 5.91 Å². The van der Waals surface area contributed by atoms with Crippen LogP contribution in [-0.2, 0) is 15.4 Å². The summed E-state index contributed by atoms with van der Waals surface area (Å²) >= 11 is 5.69. The molecule has 1 aromatic rings. The Morgan fingerprint density at radius 1 is 1.32 bits per heavy atom. The molecule has 6 heteroatoms. The van der Waals surface area contributed by atoms with Crippen molar-refractivity contribution in [1.82, 2.24) is 10.6 Å². The standard InChI is InChI=1S/C13H17ClN2O3/c1-19-6-5-15-12(17)9-16-13(18)11-4-2-3-10(7-11)8-14/h2-4,7H,5-6,8-9H2,1H3,(H,15,17)(H,16,18). The molecule has 0 bridgehead atoms. The van der Waals surface area contributed by atoms with Gasteiger partial charge in [0.15, 0.2) is 0 Å². The molecule has 19 heavy (non-hydrogen) atoms. The molecule has 1 aromatic carbocycles. The molecule has 2 N–H and O–H groups in total. The highest BCUT2D eigenvalue weighted by atomic mass is 35.5. The molecule has 104 valence electrons. The normalized spacial score (nSPS) is 10.0. The Kier molecular flexibility index (Phi) is 6.92. The first kappa shape index (κ1) is 15.5. The summed E-state index contributed by atoms with van der Waals surface area (Å²) in [5.41, 5.74) is 1.35. The van der Waals surface area contributed by atoms with Gasteiger partial charge in [0.2, 0.25) is 5.91 Å². The SMILES string of the molecule is COCCNC(=O)CNC(=O)c1cccc(CCl)c1. The number of nitrogens with one attached hydrogen (secondary N) is 2. The number of carbonyl (C=O) groups is 2. The minimum Gasteiger partial charge on any atom is -0.383 e. The van der Waals surface area contributed by atoms with E-state index in [1.54, 1.807) is 25.3 Å². The lowest BCUT2D eigenvalue weighted by molar-refractivity contribution is -0.120. The van der Waals surface area contributed by atoms with Crippen LogP contribution in [0.15, 0.2) is 24.3 Å². The van der Waals surface area contributed by atoms with E-state index in [2.05, 4.69) is 10.6 Å². The third-order valence-electron chi connectivity index (χ3n) is 2.38. The zero-order valence-corrected chi connectivity index (χ0v) is 11.5. The van der Waals surface area contributed by atoms with Crippen LogP contribution in [-0.4, -0.2) is 38.6 Å². The van der Waals surface area contributed by atoms with Crippen molar-refractivity contribution >= 4 is 23.4 Å². The molecule has 0 fully saturated rings. The van der Waals surface area contributed by atoms with Gasteiger partial charge in [-0.05, 0) is 17.7 Å². The van der Waals surface area contributed by atoms with E-state index < -0.39 is 0 Å². The molecule has 0 atom stereocenters. The molecule has 5 nitrogen and oxygen atoms in total. The Balaban J connectivity index is 2.40. The summed E-state index contributed by atoms with van der Waals surface area (Å²) in [5.74, 6) is -0.203. The van der Waals surface area contributed by atoms with Gasteiger partial charge >= 0.3 is 0 Å². The van der Waals surface area contributed by atoms with Crippen LogP contribution < -0.4 is 10.6 Å². The molecule has 0 unspecified atom stereocenters. The molecule has 0 aliphatic carbocycles. The molecule has 0 aromatic heterocycles. The first-order valence-electron chi connectivity index (χ1n) is 5.86. The van der Waals surface area contributed by atoms with E-state index in [9.17, 15) is 9.59 Å². The molecular formula is C13H17ClN2O3. The number of halogens is 1. The fraction of sp³-hybridized carbons (Fsp3) is 0.385. The van der Waals surface area contributed by atoms with Crippen LogP contribution in [0.25, 0.3) is 0 Å². The number of methoxy groups -OCH3 is 1. The lowest BCUT2D eigenvalue weighted by Gasteiger charge is -2.07. The minimum atomic E-state index is -0.297. The van der Waals surface area contributed by atoms with E-state index in [-0.39, 0.29) is 18.4 Å². The Bertz CT molecular complexity index is 438. The summed E-state index contributed by atoms with van der Waals surface area (Å²) in [7, 11) is 1.55. The van der Waals surface area contributed by atoms with Crippen molar-refractivity contribution in [2.75, 3.05) is 26.8 Å². The highest BCUT2D eigenvalue weighted by Crippen LogP contribution is 2.07. The fourth-order valence-corrected chi connectivity index (χ4v) is 1.58. The second-order valence-electron chi connectivity index (χ2n) is 3.86. The van der Waals surface area contributed by atoms with Crippen molar-refractivity contribution in [3.8, 4) is 0 Å². The number of benzene rings is 1. The highest BCUT2D eigenvalue weighted by molar-refractivity contribution is 6.17. The Labute approximate surface area is 117 Å². The number of hydrogen-bond acceptors (Lipinski definition) is 3. The Hall–Kier alpha value is -1.59. The van der Waals surface area contributed by atoms with Gasteiger partial charge in [-0.2, -0.15) is 0 Å². The van der Waals surface area contributed by atoms with Gasteiger partial charge in [0, 0.05) is 25.1 Å². The summed E-state index contributed by atoms with van der Waals surface area (Å²) in [4.78, 5) is 23.2. The number of alkyl halides is 1. The van der Waals surface area contributed by atoms with Crippen LogP contribution >= 0.6 is 11.6 Å². The van der Waals surface area contributed by atoms with Crippen molar-refractivity contribution < 1.29 is 14.3 Å². The summed E-state index contributed by atoms with van der Waals surface area (Å²) in [6, 6.07) is 6.96. The first-order valence-corrected chi connectivity index (χ1v) is 6.39. The number of rotatable bonds is 7. The van der Waals surface area contributed by atoms with Crippen molar-refractivity contribution in [2.24, 2.45) is 0 Å². The minimum absolute atomic E-state index is 0.0619. The number of carbonyl (C=O) groups excluding carboxylic acids is 2. The van der Waals surface area contributed by atoms with Gasteiger partial charge in [-0.15, -0.1) is 11.6 Å². The first-order chi connectivity index (χ1) is 9.17. The molecule has 0 heterocycles. The molecule has 0 spiro atoms. The average molecular weight is 285 g/mol. The molecule has 0 saturated heterocycles. The van der Waals surface area contributed by atoms with E-state index in [1.165, 1.54) is 0 Å². The molecular weight excluding hydrogens is 268 g/mol. The number of hydrogen-bond donors (Lipinski definition) is 2. The van der Waals surface area contributed by atoms with Crippen LogP contribution in [0.1, 0.15) is 15.9 Å². The van der Waals surface area contributed by atoms with E-state index in [0.717, 1.165) is 5.56 Å². The zero-order valence-electron chi connectivity index (χ0n) is 10.7. The molecule has 0 radical (unpaired) electrons. The molecule has 2 amide bonds. The number of amides is 2. The molecule has 0 saturated carbocycles. The largest absolute Gasteiger partial charge is 0.383 e. The average Bonchev–Trinajstić information content (AvgIpc) is 2.45. The lowest BCUT2D eigenvalue weighted by Crippen LogP contribution is -2.38. The second kappa shape index (κ2) is 8.50. The van der Waals surface area contributed by atoms with Crippen molar-refractivity contribution in [2.45, 2.75) is 5.88 Å². The maximum absolute atomic E-state index is 11.8. The quantitative estimate of drug-likeness (QED) is 0.578. The van der Waals surface area contributed by atoms with Crippen LogP contribution in [0.4, 0.5) is 0 Å². The van der Waals surface area contributed by atoms with Gasteiger partial charge in [-0.3, -0.25) is 9.59 Å². The van der Waals surface area contributed by atoms with E-state index in [4.69, 9.17) is 16.3 Å². The van der Waals surface area contributed by atoms with Crippen LogP contribution in [0, 0.1) is 0 Å². The smallest absolute Gasteiger partial charge is 0.251 e. The van der Waals surface area contributed by atoms with E-state index in [0.29, 0.717) is 24.6 Å². The third-order valence-corrected chi connectivity index (χ3v) is 2.69. The lowest BCUT2D eigenvalue weighted by atomic mass is 10.1. The van der Waals surface area contributed by atoms with Crippen molar-refractivity contribution in [3.63, 3.8) is 0 Å². The summed E-state index contributed by atoms with van der Waals surface area (Å²) in [5, 5.41) is 5.16. The maximum Gasteiger partial charge on any atom is 0.251 e. The van der Waals surface area contributed by atoms with Gasteiger partial charge < -0.3 is 15.4 Å². The Morgan fingerprint density at radius 3 is 2.79 bits per heavy atom. The van der Waals surface area contributed by atoms with E-state index >= 15 is 0 Å². The number of ether oxygens (including phenoxy) is 1. The third kappa shape index (κ3) is 5.72. The predicted molar refractivity (Wildman–Crippen MR) is 73.2 cm³/mol. The van der Waals surface area contributed by atoms with Gasteiger partial charge in [0.1, 0.15) is 0 Å². The highest BCUT2D eigenvalue weighted by Gasteiger charge is 2.08. The van der Waals surface area contributed by atoms with Crippen molar-refractivity contribution in [3.05, 3.63) is 35.4 Å². The molecule has 1 rings (SSSR count). The predicted octanol–water partition coefficient (Wildman–Crippen LogP) is 0.918. The topological polar surface area (TPSA) is 67.4 Å². The van der Waals surface area contributed by atoms with Gasteiger partial charge in [0.05, 0.1) is 13.2 Å². The Morgan fingerprint density at radius 2 is 2.11 bits per heavy atom. The van der Waals surface area contributed by atoms with Crippen LogP contribution in [0.5, 0.6) is 0 Å².